The molecule has 0 N–H and O–H groups in total. The number of para-hydroxylation sites is 1. The number of nitrogens with zero attached hydrogens (tertiary/aromatic N) is 2. The topological polar surface area (TPSA) is 34.9 Å². The first-order valence-electron chi connectivity index (χ1n) is 5.66. The molecule has 1 heterocycles. The second-order valence-electron chi connectivity index (χ2n) is 3.98. The van der Waals surface area contributed by atoms with Crippen LogP contribution in [-0.2, 0) is 17.8 Å². The molecule has 0 spiro atoms. The standard InChI is InChI=1S/C13H16N2O/c1-3-15-13-7-5-4-6-11(13)12(14-15)9-8-10(2)16/h4-7H,3,8-9H2,1-2H3. The van der Waals surface area contributed by atoms with Crippen LogP contribution in [0.1, 0.15) is 26.0 Å². The summed E-state index contributed by atoms with van der Waals surface area (Å²) in [6.07, 6.45) is 1.31. The van der Waals surface area contributed by atoms with Crippen molar-refractivity contribution in [1.29, 1.82) is 0 Å². The average molecular weight is 216 g/mol. The van der Waals surface area contributed by atoms with E-state index in [1.165, 1.54) is 5.39 Å². The molecule has 0 aliphatic rings. The Bertz CT molecular complexity index is 514. The second-order valence-corrected chi connectivity index (χ2v) is 3.98. The van der Waals surface area contributed by atoms with Crippen LogP contribution < -0.4 is 0 Å². The zero-order valence-electron chi connectivity index (χ0n) is 9.73. The summed E-state index contributed by atoms with van der Waals surface area (Å²) in [7, 11) is 0. The van der Waals surface area contributed by atoms with E-state index in [-0.39, 0.29) is 5.78 Å². The fourth-order valence-corrected chi connectivity index (χ4v) is 1.92. The van der Waals surface area contributed by atoms with E-state index in [0.29, 0.717) is 6.42 Å². The van der Waals surface area contributed by atoms with Gasteiger partial charge in [-0.25, -0.2) is 0 Å². The van der Waals surface area contributed by atoms with Crippen LogP contribution in [0.2, 0.25) is 0 Å². The summed E-state index contributed by atoms with van der Waals surface area (Å²) in [6.45, 7) is 4.56. The van der Waals surface area contributed by atoms with Gasteiger partial charge in [0.05, 0.1) is 11.2 Å². The van der Waals surface area contributed by atoms with Crippen molar-refractivity contribution in [3.8, 4) is 0 Å². The van der Waals surface area contributed by atoms with Crippen LogP contribution in [0, 0.1) is 0 Å². The largest absolute Gasteiger partial charge is 0.300 e. The number of hydrogen-bond acceptors (Lipinski definition) is 2. The van der Waals surface area contributed by atoms with Crippen molar-refractivity contribution in [3.05, 3.63) is 30.0 Å². The summed E-state index contributed by atoms with van der Waals surface area (Å²) < 4.78 is 1.99. The van der Waals surface area contributed by atoms with Gasteiger partial charge in [-0.1, -0.05) is 18.2 Å². The zero-order chi connectivity index (χ0) is 11.5. The van der Waals surface area contributed by atoms with E-state index >= 15 is 0 Å². The van der Waals surface area contributed by atoms with Crippen molar-refractivity contribution in [2.75, 3.05) is 0 Å². The van der Waals surface area contributed by atoms with E-state index in [1.54, 1.807) is 6.92 Å². The fraction of sp³-hybridized carbons (Fsp3) is 0.385. The minimum absolute atomic E-state index is 0.218. The van der Waals surface area contributed by atoms with Crippen LogP contribution in [-0.4, -0.2) is 15.6 Å². The average Bonchev–Trinajstić information content (AvgIpc) is 2.65. The molecule has 0 aliphatic heterocycles. The van der Waals surface area contributed by atoms with E-state index < -0.39 is 0 Å². The van der Waals surface area contributed by atoms with Crippen molar-refractivity contribution in [2.45, 2.75) is 33.2 Å². The van der Waals surface area contributed by atoms with Crippen molar-refractivity contribution in [3.63, 3.8) is 0 Å². The number of fused-ring (bicyclic) bond motifs is 1. The molecule has 0 atom stereocenters. The monoisotopic (exact) mass is 216 g/mol. The highest BCUT2D eigenvalue weighted by Gasteiger charge is 2.09. The zero-order valence-corrected chi connectivity index (χ0v) is 9.73. The Kier molecular flexibility index (Phi) is 3.04. The molecule has 1 aromatic carbocycles. The first-order valence-corrected chi connectivity index (χ1v) is 5.66. The van der Waals surface area contributed by atoms with E-state index in [1.807, 2.05) is 16.8 Å². The molecule has 0 saturated carbocycles. The van der Waals surface area contributed by atoms with Gasteiger partial charge in [-0.15, -0.1) is 0 Å². The molecule has 16 heavy (non-hydrogen) atoms. The van der Waals surface area contributed by atoms with Gasteiger partial charge in [-0.05, 0) is 26.3 Å². The molecule has 0 aliphatic carbocycles. The van der Waals surface area contributed by atoms with E-state index in [2.05, 4.69) is 24.2 Å². The summed E-state index contributed by atoms with van der Waals surface area (Å²) in [5.41, 5.74) is 2.19. The maximum atomic E-state index is 11.0. The molecule has 0 amide bonds. The van der Waals surface area contributed by atoms with Crippen LogP contribution in [0.15, 0.2) is 24.3 Å². The predicted molar refractivity (Wildman–Crippen MR) is 64.4 cm³/mol. The molecule has 0 fully saturated rings. The summed E-state index contributed by atoms with van der Waals surface area (Å²) in [5, 5.41) is 5.72. The van der Waals surface area contributed by atoms with Crippen molar-refractivity contribution in [2.24, 2.45) is 0 Å². The van der Waals surface area contributed by atoms with Gasteiger partial charge in [0.1, 0.15) is 5.78 Å². The van der Waals surface area contributed by atoms with Gasteiger partial charge < -0.3 is 4.79 Å². The van der Waals surface area contributed by atoms with Crippen molar-refractivity contribution in [1.82, 2.24) is 9.78 Å². The van der Waals surface area contributed by atoms with E-state index in [0.717, 1.165) is 24.2 Å². The number of aromatic nitrogens is 2. The lowest BCUT2D eigenvalue weighted by Crippen LogP contribution is -1.98. The highest BCUT2D eigenvalue weighted by molar-refractivity contribution is 5.83. The van der Waals surface area contributed by atoms with Crippen LogP contribution in [0.5, 0.6) is 0 Å². The maximum Gasteiger partial charge on any atom is 0.130 e. The number of Topliss-reactive ketones (excluding diaryl/α,β-unsaturated/α-hetero) is 1. The molecule has 0 saturated heterocycles. The number of hydrogen-bond donors (Lipinski definition) is 0. The minimum Gasteiger partial charge on any atom is -0.300 e. The number of benzene rings is 1. The Morgan fingerprint density at radius 3 is 2.81 bits per heavy atom. The third-order valence-electron chi connectivity index (χ3n) is 2.75. The molecular weight excluding hydrogens is 200 g/mol. The first kappa shape index (κ1) is 10.9. The normalized spacial score (nSPS) is 10.9. The molecule has 2 rings (SSSR count). The number of carbonyl (C=O) groups is 1. The maximum absolute atomic E-state index is 11.0. The third kappa shape index (κ3) is 1.98. The van der Waals surface area contributed by atoms with Crippen LogP contribution in [0.25, 0.3) is 10.9 Å². The molecule has 0 unspecified atom stereocenters. The Morgan fingerprint density at radius 1 is 1.38 bits per heavy atom. The molecule has 84 valence electrons. The van der Waals surface area contributed by atoms with Gasteiger partial charge in [0, 0.05) is 18.4 Å². The summed E-state index contributed by atoms with van der Waals surface area (Å²) in [6, 6.07) is 8.18. The SMILES string of the molecule is CCn1nc(CCC(C)=O)c2ccccc21. The summed E-state index contributed by atoms with van der Waals surface area (Å²) in [4.78, 5) is 11.0. The van der Waals surface area contributed by atoms with Gasteiger partial charge >= 0.3 is 0 Å². The van der Waals surface area contributed by atoms with Gasteiger partial charge in [-0.2, -0.15) is 5.10 Å². The van der Waals surface area contributed by atoms with Crippen molar-refractivity contribution >= 4 is 16.7 Å². The van der Waals surface area contributed by atoms with Gasteiger partial charge in [0.25, 0.3) is 0 Å². The minimum atomic E-state index is 0.218. The third-order valence-corrected chi connectivity index (χ3v) is 2.75. The molecule has 0 bridgehead atoms. The molecule has 3 nitrogen and oxygen atoms in total. The Balaban J connectivity index is 2.41. The van der Waals surface area contributed by atoms with E-state index in [9.17, 15) is 4.79 Å². The van der Waals surface area contributed by atoms with Gasteiger partial charge in [0.2, 0.25) is 0 Å². The predicted octanol–water partition coefficient (Wildman–Crippen LogP) is 2.58. The number of ketones is 1. The molecule has 3 heteroatoms. The van der Waals surface area contributed by atoms with Crippen molar-refractivity contribution < 1.29 is 4.79 Å². The molecule has 1 aromatic heterocycles. The second kappa shape index (κ2) is 4.47. The quantitative estimate of drug-likeness (QED) is 0.787. The van der Waals surface area contributed by atoms with Crippen LogP contribution in [0.4, 0.5) is 0 Å². The Labute approximate surface area is 95.1 Å². The van der Waals surface area contributed by atoms with Gasteiger partial charge in [-0.3, -0.25) is 4.68 Å². The molecular formula is C13H16N2O. The van der Waals surface area contributed by atoms with E-state index in [4.69, 9.17) is 0 Å². The fourth-order valence-electron chi connectivity index (χ4n) is 1.92. The Morgan fingerprint density at radius 2 is 2.12 bits per heavy atom. The number of rotatable bonds is 4. The highest BCUT2D eigenvalue weighted by Crippen LogP contribution is 2.19. The molecule has 0 radical (unpaired) electrons. The lowest BCUT2D eigenvalue weighted by molar-refractivity contribution is -0.116. The first-order chi connectivity index (χ1) is 7.72. The van der Waals surface area contributed by atoms with Gasteiger partial charge in [0.15, 0.2) is 0 Å². The highest BCUT2D eigenvalue weighted by atomic mass is 16.1. The summed E-state index contributed by atoms with van der Waals surface area (Å²) >= 11 is 0. The smallest absolute Gasteiger partial charge is 0.130 e. The van der Waals surface area contributed by atoms with Crippen LogP contribution >= 0.6 is 0 Å². The Hall–Kier alpha value is -1.64. The summed E-state index contributed by atoms with van der Waals surface area (Å²) in [5.74, 6) is 0.218. The number of aryl methyl sites for hydroxylation is 2. The lowest BCUT2D eigenvalue weighted by atomic mass is 10.1. The lowest BCUT2D eigenvalue weighted by Gasteiger charge is -1.95. The number of carbonyl (C=O) groups excluding carboxylic acids is 1. The van der Waals surface area contributed by atoms with Crippen LogP contribution in [0.3, 0.4) is 0 Å². The molecule has 2 aromatic rings.